The topological polar surface area (TPSA) is 51.2 Å². The normalized spacial score (nSPS) is 12.7. The summed E-state index contributed by atoms with van der Waals surface area (Å²) in [5.74, 6) is 0. The molecule has 0 aliphatic heterocycles. The lowest BCUT2D eigenvalue weighted by Gasteiger charge is -2.35. The van der Waals surface area contributed by atoms with E-state index < -0.39 is 23.6 Å². The van der Waals surface area contributed by atoms with Crippen LogP contribution in [0.5, 0.6) is 0 Å². The molecule has 2 aromatic rings. The Balaban J connectivity index is 2.76. The van der Waals surface area contributed by atoms with E-state index in [0.29, 0.717) is 11.1 Å². The van der Waals surface area contributed by atoms with Crippen LogP contribution in [0.2, 0.25) is 0 Å². The van der Waals surface area contributed by atoms with Crippen molar-refractivity contribution in [2.24, 2.45) is 10.8 Å². The molecule has 0 radical (unpaired) electrons. The standard InChI is InChI=1S/C29H41O3P/c1-18-12-20(3)24(21(4)13-18)26(30)33(32,17-29(10,11)16-28(7,8)9)27(31)25-22(5)14-19(2)15-23(25)6/h12-15H,16-17H2,1-11H3. The molecule has 0 aliphatic rings. The number of hydrogen-bond donors (Lipinski definition) is 0. The van der Waals surface area contributed by atoms with Gasteiger partial charge < -0.3 is 4.57 Å². The third kappa shape index (κ3) is 6.12. The fourth-order valence-electron chi connectivity index (χ4n) is 5.73. The van der Waals surface area contributed by atoms with Crippen molar-refractivity contribution in [3.05, 3.63) is 68.8 Å². The zero-order valence-corrected chi connectivity index (χ0v) is 23.3. The fraction of sp³-hybridized carbons (Fsp3) is 0.517. The molecule has 0 N–H and O–H groups in total. The van der Waals surface area contributed by atoms with Crippen LogP contribution in [0.4, 0.5) is 0 Å². The first-order chi connectivity index (χ1) is 14.9. The Kier molecular flexibility index (Phi) is 7.71. The number of benzene rings is 2. The fourth-order valence-corrected chi connectivity index (χ4v) is 8.94. The second-order valence-electron chi connectivity index (χ2n) is 12.0. The van der Waals surface area contributed by atoms with Gasteiger partial charge in [0, 0.05) is 17.3 Å². The van der Waals surface area contributed by atoms with Crippen LogP contribution in [-0.2, 0) is 4.57 Å². The molecule has 0 spiro atoms. The van der Waals surface area contributed by atoms with E-state index in [1.807, 2.05) is 79.7 Å². The second-order valence-corrected chi connectivity index (χ2v) is 14.6. The van der Waals surface area contributed by atoms with Crippen molar-refractivity contribution in [1.82, 2.24) is 0 Å². The molecule has 180 valence electrons. The predicted octanol–water partition coefficient (Wildman–Crippen LogP) is 8.34. The highest BCUT2D eigenvalue weighted by Gasteiger charge is 2.47. The highest BCUT2D eigenvalue weighted by molar-refractivity contribution is 7.95. The maximum atomic E-state index is 14.8. The van der Waals surface area contributed by atoms with E-state index in [9.17, 15) is 14.2 Å². The molecule has 0 amide bonds. The molecule has 0 unspecified atom stereocenters. The highest BCUT2D eigenvalue weighted by atomic mass is 31.2. The van der Waals surface area contributed by atoms with Crippen LogP contribution in [0, 0.1) is 52.4 Å². The zero-order chi connectivity index (χ0) is 25.5. The van der Waals surface area contributed by atoms with E-state index in [2.05, 4.69) is 20.8 Å². The number of carbonyl (C=O) groups excluding carboxylic acids is 2. The van der Waals surface area contributed by atoms with Gasteiger partial charge in [-0.3, -0.25) is 9.59 Å². The Morgan fingerprint density at radius 1 is 0.667 bits per heavy atom. The van der Waals surface area contributed by atoms with E-state index in [0.717, 1.165) is 39.8 Å². The Hall–Kier alpha value is -1.99. The van der Waals surface area contributed by atoms with E-state index >= 15 is 0 Å². The van der Waals surface area contributed by atoms with Gasteiger partial charge in [-0.2, -0.15) is 0 Å². The van der Waals surface area contributed by atoms with Crippen molar-refractivity contribution in [2.45, 2.75) is 82.6 Å². The summed E-state index contributed by atoms with van der Waals surface area (Å²) in [5.41, 5.74) is 4.59. The number of hydrogen-bond acceptors (Lipinski definition) is 3. The molecule has 4 heteroatoms. The van der Waals surface area contributed by atoms with Gasteiger partial charge in [-0.15, -0.1) is 0 Å². The van der Waals surface area contributed by atoms with Crippen LogP contribution in [0.1, 0.15) is 95.1 Å². The van der Waals surface area contributed by atoms with E-state index in [-0.39, 0.29) is 11.6 Å². The Morgan fingerprint density at radius 3 is 1.24 bits per heavy atom. The van der Waals surface area contributed by atoms with Gasteiger partial charge >= 0.3 is 0 Å². The van der Waals surface area contributed by atoms with Crippen molar-refractivity contribution in [2.75, 3.05) is 6.16 Å². The number of aryl methyl sites for hydroxylation is 6. The van der Waals surface area contributed by atoms with Crippen molar-refractivity contribution in [3.63, 3.8) is 0 Å². The molecule has 0 aromatic heterocycles. The number of rotatable bonds is 7. The maximum Gasteiger partial charge on any atom is 0.229 e. The van der Waals surface area contributed by atoms with E-state index in [4.69, 9.17) is 0 Å². The molecule has 0 saturated heterocycles. The lowest BCUT2D eigenvalue weighted by atomic mass is 9.77. The molecule has 2 rings (SSSR count). The summed E-state index contributed by atoms with van der Waals surface area (Å²) in [6, 6.07) is 7.71. The molecular formula is C29H41O3P. The third-order valence-electron chi connectivity index (χ3n) is 6.10. The molecule has 3 nitrogen and oxygen atoms in total. The summed E-state index contributed by atoms with van der Waals surface area (Å²) in [6.45, 7) is 21.9. The van der Waals surface area contributed by atoms with E-state index in [1.54, 1.807) is 0 Å². The van der Waals surface area contributed by atoms with Gasteiger partial charge in [0.05, 0.1) is 0 Å². The van der Waals surface area contributed by atoms with Crippen molar-refractivity contribution in [1.29, 1.82) is 0 Å². The lowest BCUT2D eigenvalue weighted by Crippen LogP contribution is -2.29. The zero-order valence-electron chi connectivity index (χ0n) is 22.4. The first kappa shape index (κ1) is 27.3. The molecule has 2 aromatic carbocycles. The van der Waals surface area contributed by atoms with Gasteiger partial charge in [0.25, 0.3) is 0 Å². The average molecular weight is 469 g/mol. The highest BCUT2D eigenvalue weighted by Crippen LogP contribution is 2.58. The average Bonchev–Trinajstić information content (AvgIpc) is 2.56. The summed E-state index contributed by atoms with van der Waals surface area (Å²) in [6.07, 6.45) is 0.816. The Morgan fingerprint density at radius 2 is 0.970 bits per heavy atom. The first-order valence-corrected chi connectivity index (χ1v) is 13.6. The molecule has 33 heavy (non-hydrogen) atoms. The van der Waals surface area contributed by atoms with Crippen LogP contribution < -0.4 is 0 Å². The lowest BCUT2D eigenvalue weighted by molar-refractivity contribution is 0.103. The largest absolute Gasteiger partial charge is 0.307 e. The van der Waals surface area contributed by atoms with E-state index in [1.165, 1.54) is 0 Å². The van der Waals surface area contributed by atoms with Crippen molar-refractivity contribution >= 4 is 18.2 Å². The Labute approximate surface area is 200 Å². The van der Waals surface area contributed by atoms with Gasteiger partial charge in [0.15, 0.2) is 0 Å². The quantitative estimate of drug-likeness (QED) is 0.384. The SMILES string of the molecule is Cc1cc(C)c(C(=O)P(=O)(CC(C)(C)CC(C)(C)C)C(=O)c2c(C)cc(C)cc2C)c(C)c1. The van der Waals surface area contributed by atoms with Crippen LogP contribution in [-0.4, -0.2) is 17.2 Å². The minimum Gasteiger partial charge on any atom is -0.307 e. The van der Waals surface area contributed by atoms with Gasteiger partial charge in [-0.05, 0) is 81.0 Å². The summed E-state index contributed by atoms with van der Waals surface area (Å²) >= 11 is 0. The van der Waals surface area contributed by atoms with Gasteiger partial charge in [0.1, 0.15) is 0 Å². The summed E-state index contributed by atoms with van der Waals surface area (Å²) in [5, 5.41) is 0. The van der Waals surface area contributed by atoms with Gasteiger partial charge in [0.2, 0.25) is 18.2 Å². The number of carbonyl (C=O) groups is 2. The third-order valence-corrected chi connectivity index (χ3v) is 9.16. The molecule has 0 atom stereocenters. The van der Waals surface area contributed by atoms with Crippen molar-refractivity contribution in [3.8, 4) is 0 Å². The van der Waals surface area contributed by atoms with Gasteiger partial charge in [-0.25, -0.2) is 0 Å². The molecule has 0 saturated carbocycles. The van der Waals surface area contributed by atoms with Crippen molar-refractivity contribution < 1.29 is 14.2 Å². The summed E-state index contributed by atoms with van der Waals surface area (Å²) in [4.78, 5) is 28.2. The Bertz CT molecular complexity index is 1030. The molecule has 0 heterocycles. The predicted molar refractivity (Wildman–Crippen MR) is 140 cm³/mol. The summed E-state index contributed by atoms with van der Waals surface area (Å²) < 4.78 is 14.8. The van der Waals surface area contributed by atoms with Crippen LogP contribution >= 0.6 is 7.14 Å². The van der Waals surface area contributed by atoms with Crippen LogP contribution in [0.25, 0.3) is 0 Å². The smallest absolute Gasteiger partial charge is 0.229 e. The maximum absolute atomic E-state index is 14.8. The molecule has 0 bridgehead atoms. The molecule has 0 fully saturated rings. The molecular weight excluding hydrogens is 427 g/mol. The molecule has 0 aliphatic carbocycles. The second kappa shape index (κ2) is 9.34. The minimum atomic E-state index is -3.97. The minimum absolute atomic E-state index is 0.0220. The first-order valence-electron chi connectivity index (χ1n) is 11.7. The van der Waals surface area contributed by atoms with Crippen LogP contribution in [0.15, 0.2) is 24.3 Å². The summed E-state index contributed by atoms with van der Waals surface area (Å²) in [7, 11) is -3.97. The van der Waals surface area contributed by atoms with Crippen LogP contribution in [0.3, 0.4) is 0 Å². The monoisotopic (exact) mass is 468 g/mol. The van der Waals surface area contributed by atoms with Gasteiger partial charge in [-0.1, -0.05) is 70.0 Å².